The van der Waals surface area contributed by atoms with Crippen molar-refractivity contribution in [3.8, 4) is 0 Å². The van der Waals surface area contributed by atoms with Crippen LogP contribution in [0.25, 0.3) is 0 Å². The second kappa shape index (κ2) is 10.1. The molecule has 9 nitrogen and oxygen atoms in total. The summed E-state index contributed by atoms with van der Waals surface area (Å²) in [4.78, 5) is 33.7. The van der Waals surface area contributed by atoms with E-state index in [1.807, 2.05) is 0 Å². The fraction of sp³-hybridized carbons (Fsp3) is 0.700. The van der Waals surface area contributed by atoms with Crippen molar-refractivity contribution in [1.82, 2.24) is 10.2 Å². The minimum atomic E-state index is -1.11. The van der Waals surface area contributed by atoms with Gasteiger partial charge in [-0.25, -0.2) is 4.79 Å². The maximum absolute atomic E-state index is 11.6. The third kappa shape index (κ3) is 9.80. The number of aliphatic carboxylic acids is 1. The van der Waals surface area contributed by atoms with Gasteiger partial charge in [0.1, 0.15) is 13.2 Å². The van der Waals surface area contributed by atoms with Crippen molar-refractivity contribution in [3.05, 3.63) is 0 Å². The van der Waals surface area contributed by atoms with Gasteiger partial charge >= 0.3 is 12.0 Å². The molecule has 0 aliphatic heterocycles. The first-order valence-corrected chi connectivity index (χ1v) is 5.57. The summed E-state index contributed by atoms with van der Waals surface area (Å²) in [5.74, 6) is -1.71. The van der Waals surface area contributed by atoms with Crippen LogP contribution in [0.3, 0.4) is 0 Å². The molecule has 3 amide bonds. The number of carboxylic acids is 1. The van der Waals surface area contributed by atoms with Crippen molar-refractivity contribution in [3.63, 3.8) is 0 Å². The topological polar surface area (TPSA) is 131 Å². The number of urea groups is 1. The van der Waals surface area contributed by atoms with Crippen LogP contribution in [0, 0.1) is 0 Å². The van der Waals surface area contributed by atoms with Crippen molar-refractivity contribution >= 4 is 17.9 Å². The number of nitrogens with one attached hydrogen (secondary N) is 1. The Kier molecular flexibility index (Phi) is 9.10. The van der Waals surface area contributed by atoms with E-state index in [9.17, 15) is 14.4 Å². The molecule has 0 rings (SSSR count). The molecule has 9 heteroatoms. The third-order valence-corrected chi connectivity index (χ3v) is 1.95. The minimum Gasteiger partial charge on any atom is -0.480 e. The zero-order valence-corrected chi connectivity index (χ0v) is 10.8. The van der Waals surface area contributed by atoms with E-state index in [1.54, 1.807) is 0 Å². The highest BCUT2D eigenvalue weighted by atomic mass is 16.5. The molecule has 0 aromatic carbocycles. The number of ether oxygens (including phenoxy) is 2. The van der Waals surface area contributed by atoms with Gasteiger partial charge in [0.15, 0.2) is 0 Å². The molecule has 0 spiro atoms. The van der Waals surface area contributed by atoms with Gasteiger partial charge in [-0.1, -0.05) is 0 Å². The van der Waals surface area contributed by atoms with Gasteiger partial charge in [-0.2, -0.15) is 0 Å². The van der Waals surface area contributed by atoms with E-state index in [1.165, 1.54) is 7.11 Å². The highest BCUT2D eigenvalue weighted by Crippen LogP contribution is 1.90. The summed E-state index contributed by atoms with van der Waals surface area (Å²) in [5.41, 5.74) is 4.85. The molecule has 0 atom stereocenters. The molecule has 0 saturated heterocycles. The summed E-state index contributed by atoms with van der Waals surface area (Å²) >= 11 is 0. The van der Waals surface area contributed by atoms with E-state index in [2.05, 4.69) is 5.32 Å². The Hall–Kier alpha value is -1.87. The molecule has 0 heterocycles. The van der Waals surface area contributed by atoms with Gasteiger partial charge in [0, 0.05) is 20.2 Å². The van der Waals surface area contributed by atoms with Gasteiger partial charge in [-0.3, -0.25) is 9.59 Å². The number of primary amides is 1. The standard InChI is InChI=1S/C10H19N3O6/c1-18-5-3-13(6-9(15)16)10(17)12-2-4-19-7-8(11)14/h2-7H2,1H3,(H2,11,14)(H,12,17)(H,15,16). The monoisotopic (exact) mass is 277 g/mol. The lowest BCUT2D eigenvalue weighted by molar-refractivity contribution is -0.137. The molecule has 0 unspecified atom stereocenters. The smallest absolute Gasteiger partial charge is 0.323 e. The van der Waals surface area contributed by atoms with Crippen molar-refractivity contribution in [2.24, 2.45) is 5.73 Å². The van der Waals surface area contributed by atoms with E-state index in [0.717, 1.165) is 4.90 Å². The number of carboxylic acid groups (broad SMARTS) is 1. The van der Waals surface area contributed by atoms with Gasteiger partial charge < -0.3 is 30.5 Å². The number of nitrogens with zero attached hydrogens (tertiary/aromatic N) is 1. The number of rotatable bonds is 10. The van der Waals surface area contributed by atoms with E-state index in [4.69, 9.17) is 20.3 Å². The van der Waals surface area contributed by atoms with Gasteiger partial charge in [-0.15, -0.1) is 0 Å². The largest absolute Gasteiger partial charge is 0.480 e. The van der Waals surface area contributed by atoms with Crippen LogP contribution < -0.4 is 11.1 Å². The number of methoxy groups -OCH3 is 1. The maximum Gasteiger partial charge on any atom is 0.323 e. The van der Waals surface area contributed by atoms with Crippen molar-refractivity contribution in [2.75, 3.05) is 46.6 Å². The molecule has 0 aliphatic carbocycles. The molecule has 4 N–H and O–H groups in total. The molecule has 110 valence electrons. The Morgan fingerprint density at radius 3 is 2.53 bits per heavy atom. The number of amides is 3. The fourth-order valence-corrected chi connectivity index (χ4v) is 1.13. The lowest BCUT2D eigenvalue weighted by Crippen LogP contribution is -2.45. The van der Waals surface area contributed by atoms with Crippen molar-refractivity contribution in [1.29, 1.82) is 0 Å². The van der Waals surface area contributed by atoms with E-state index in [0.29, 0.717) is 0 Å². The first-order chi connectivity index (χ1) is 8.97. The van der Waals surface area contributed by atoms with E-state index >= 15 is 0 Å². The summed E-state index contributed by atoms with van der Waals surface area (Å²) in [6, 6.07) is -0.540. The molecule has 0 aromatic heterocycles. The fourth-order valence-electron chi connectivity index (χ4n) is 1.13. The Morgan fingerprint density at radius 2 is 2.00 bits per heavy atom. The van der Waals surface area contributed by atoms with Crippen LogP contribution in [0.2, 0.25) is 0 Å². The average Bonchev–Trinajstić information content (AvgIpc) is 2.32. The number of carbonyl (C=O) groups is 3. The van der Waals surface area contributed by atoms with Crippen LogP contribution in [-0.4, -0.2) is 74.5 Å². The normalized spacial score (nSPS) is 9.95. The molecule has 0 bridgehead atoms. The Morgan fingerprint density at radius 1 is 1.32 bits per heavy atom. The van der Waals surface area contributed by atoms with Crippen molar-refractivity contribution < 1.29 is 29.0 Å². The summed E-state index contributed by atoms with van der Waals surface area (Å²) in [6.45, 7) is 0.0143. The number of hydrogen-bond acceptors (Lipinski definition) is 5. The number of nitrogens with two attached hydrogens (primary N) is 1. The average molecular weight is 277 g/mol. The lowest BCUT2D eigenvalue weighted by atomic mass is 10.5. The summed E-state index contributed by atoms with van der Waals surface area (Å²) in [7, 11) is 1.45. The molecule has 0 fully saturated rings. The predicted molar refractivity (Wildman–Crippen MR) is 64.5 cm³/mol. The Labute approximate surface area is 110 Å². The Balaban J connectivity index is 3.95. The minimum absolute atomic E-state index is 0.111. The van der Waals surface area contributed by atoms with Crippen molar-refractivity contribution in [2.45, 2.75) is 0 Å². The van der Waals surface area contributed by atoms with Crippen LogP contribution in [0.15, 0.2) is 0 Å². The first kappa shape index (κ1) is 17.1. The predicted octanol–water partition coefficient (Wildman–Crippen LogP) is -1.77. The number of carbonyl (C=O) groups excluding carboxylic acids is 2. The summed E-state index contributed by atoms with van der Waals surface area (Å²) in [5, 5.41) is 11.1. The second-order valence-electron chi connectivity index (χ2n) is 3.56. The zero-order chi connectivity index (χ0) is 14.7. The molecule has 0 radical (unpaired) electrons. The van der Waals surface area contributed by atoms with Gasteiger partial charge in [-0.05, 0) is 0 Å². The van der Waals surface area contributed by atoms with Crippen LogP contribution in [0.4, 0.5) is 4.79 Å². The zero-order valence-electron chi connectivity index (χ0n) is 10.8. The number of hydrogen-bond donors (Lipinski definition) is 3. The van der Waals surface area contributed by atoms with Crippen LogP contribution >= 0.6 is 0 Å². The van der Waals surface area contributed by atoms with Crippen LogP contribution in [0.1, 0.15) is 0 Å². The molecule has 0 aliphatic rings. The van der Waals surface area contributed by atoms with Crippen LogP contribution in [-0.2, 0) is 19.1 Å². The Bertz CT molecular complexity index is 310. The quantitative estimate of drug-likeness (QED) is 0.405. The van der Waals surface area contributed by atoms with Gasteiger partial charge in [0.2, 0.25) is 5.91 Å². The third-order valence-electron chi connectivity index (χ3n) is 1.95. The summed E-state index contributed by atoms with van der Waals surface area (Å²) < 4.78 is 9.62. The van der Waals surface area contributed by atoms with Crippen LogP contribution in [0.5, 0.6) is 0 Å². The second-order valence-corrected chi connectivity index (χ2v) is 3.56. The lowest BCUT2D eigenvalue weighted by Gasteiger charge is -2.20. The molecule has 0 aromatic rings. The van der Waals surface area contributed by atoms with Gasteiger partial charge in [0.05, 0.1) is 13.2 Å². The maximum atomic E-state index is 11.6. The first-order valence-electron chi connectivity index (χ1n) is 5.57. The van der Waals surface area contributed by atoms with E-state index in [-0.39, 0.29) is 32.9 Å². The molecular formula is C10H19N3O6. The van der Waals surface area contributed by atoms with E-state index < -0.39 is 24.5 Å². The molecule has 19 heavy (non-hydrogen) atoms. The molecule has 0 saturated carbocycles. The summed E-state index contributed by atoms with van der Waals surface area (Å²) in [6.07, 6.45) is 0. The van der Waals surface area contributed by atoms with Gasteiger partial charge in [0.25, 0.3) is 0 Å². The highest BCUT2D eigenvalue weighted by molar-refractivity contribution is 5.80. The SMILES string of the molecule is COCCN(CC(=O)O)C(=O)NCCOCC(N)=O. The highest BCUT2D eigenvalue weighted by Gasteiger charge is 2.15. The molecular weight excluding hydrogens is 258 g/mol.